The van der Waals surface area contributed by atoms with Gasteiger partial charge in [-0.15, -0.1) is 11.3 Å². The van der Waals surface area contributed by atoms with E-state index in [0.29, 0.717) is 12.1 Å². The van der Waals surface area contributed by atoms with Crippen LogP contribution in [0.15, 0.2) is 66.7 Å². The summed E-state index contributed by atoms with van der Waals surface area (Å²) in [6, 6.07) is 21.6. The van der Waals surface area contributed by atoms with Crippen molar-refractivity contribution in [2.75, 3.05) is 11.9 Å². The van der Waals surface area contributed by atoms with Gasteiger partial charge in [0.05, 0.1) is 15.2 Å². The lowest BCUT2D eigenvalue weighted by Gasteiger charge is -2.07. The predicted molar refractivity (Wildman–Crippen MR) is 116 cm³/mol. The van der Waals surface area contributed by atoms with Crippen molar-refractivity contribution < 1.29 is 14.3 Å². The molecule has 0 saturated heterocycles. The molecule has 0 bridgehead atoms. The van der Waals surface area contributed by atoms with Gasteiger partial charge in [0.25, 0.3) is 5.91 Å². The number of carbonyl (C=O) groups is 2. The summed E-state index contributed by atoms with van der Waals surface area (Å²) in [5.41, 5.74) is 1.67. The van der Waals surface area contributed by atoms with Crippen molar-refractivity contribution in [3.63, 3.8) is 0 Å². The number of benzene rings is 3. The number of thiazole rings is 1. The molecule has 29 heavy (non-hydrogen) atoms. The topological polar surface area (TPSA) is 68.3 Å². The Kier molecular flexibility index (Phi) is 5.81. The van der Waals surface area contributed by atoms with Crippen LogP contribution in [0.4, 0.5) is 5.69 Å². The summed E-state index contributed by atoms with van der Waals surface area (Å²) in [6.07, 6.45) is 1.63. The number of esters is 1. The van der Waals surface area contributed by atoms with E-state index >= 15 is 0 Å². The molecular weight excluding hydrogens is 384 g/mol. The monoisotopic (exact) mass is 404 g/mol. The van der Waals surface area contributed by atoms with Crippen LogP contribution in [0.3, 0.4) is 0 Å². The van der Waals surface area contributed by atoms with E-state index in [0.717, 1.165) is 32.4 Å². The fourth-order valence-electron chi connectivity index (χ4n) is 3.09. The second kappa shape index (κ2) is 8.84. The van der Waals surface area contributed by atoms with Crippen molar-refractivity contribution in [1.29, 1.82) is 0 Å². The quantitative estimate of drug-likeness (QED) is 0.442. The number of fused-ring (bicyclic) bond motifs is 2. The minimum atomic E-state index is -0.375. The molecule has 0 aliphatic rings. The molecule has 1 aromatic heterocycles. The second-order valence-electron chi connectivity index (χ2n) is 6.70. The number of nitrogens with one attached hydrogen (secondary N) is 1. The van der Waals surface area contributed by atoms with Gasteiger partial charge >= 0.3 is 5.97 Å². The highest BCUT2D eigenvalue weighted by atomic mass is 32.1. The first-order valence-electron chi connectivity index (χ1n) is 9.46. The maximum absolute atomic E-state index is 12.1. The van der Waals surface area contributed by atoms with Gasteiger partial charge in [0.15, 0.2) is 6.61 Å². The molecule has 5 nitrogen and oxygen atoms in total. The third kappa shape index (κ3) is 4.97. The van der Waals surface area contributed by atoms with Crippen LogP contribution in [0.2, 0.25) is 0 Å². The molecule has 0 aliphatic carbocycles. The normalized spacial score (nSPS) is 10.9. The molecule has 1 N–H and O–H groups in total. The molecule has 4 aromatic rings. The molecule has 0 atom stereocenters. The summed E-state index contributed by atoms with van der Waals surface area (Å²) in [5, 5.41) is 5.91. The largest absolute Gasteiger partial charge is 0.456 e. The van der Waals surface area contributed by atoms with Gasteiger partial charge in [0.2, 0.25) is 0 Å². The summed E-state index contributed by atoms with van der Waals surface area (Å²) in [6.45, 7) is -0.285. The van der Waals surface area contributed by atoms with Crippen molar-refractivity contribution in [2.24, 2.45) is 0 Å². The summed E-state index contributed by atoms with van der Waals surface area (Å²) in [5.74, 6) is -0.723. The number of amides is 1. The average Bonchev–Trinajstić information content (AvgIpc) is 3.15. The van der Waals surface area contributed by atoms with E-state index in [-0.39, 0.29) is 24.9 Å². The number of carbonyl (C=O) groups excluding carboxylic acids is 2. The highest BCUT2D eigenvalue weighted by Gasteiger charge is 2.10. The number of ether oxygens (including phenoxy) is 1. The van der Waals surface area contributed by atoms with Crippen LogP contribution in [-0.2, 0) is 20.7 Å². The Labute approximate surface area is 172 Å². The molecule has 6 heteroatoms. The Morgan fingerprint density at radius 3 is 2.62 bits per heavy atom. The van der Waals surface area contributed by atoms with Gasteiger partial charge in [-0.05, 0) is 47.9 Å². The summed E-state index contributed by atoms with van der Waals surface area (Å²) in [4.78, 5) is 28.5. The Bertz CT molecular complexity index is 1140. The molecule has 0 spiro atoms. The van der Waals surface area contributed by atoms with Crippen LogP contribution < -0.4 is 5.32 Å². The van der Waals surface area contributed by atoms with Gasteiger partial charge in [-0.2, -0.15) is 0 Å². The zero-order valence-corrected chi connectivity index (χ0v) is 16.6. The molecule has 0 radical (unpaired) electrons. The molecule has 1 amide bonds. The van der Waals surface area contributed by atoms with E-state index in [1.165, 1.54) is 0 Å². The maximum Gasteiger partial charge on any atom is 0.306 e. The molecule has 0 aliphatic heterocycles. The van der Waals surface area contributed by atoms with E-state index in [9.17, 15) is 9.59 Å². The zero-order chi connectivity index (χ0) is 20.1. The lowest BCUT2D eigenvalue weighted by molar-refractivity contribution is -0.147. The first-order valence-corrected chi connectivity index (χ1v) is 10.3. The predicted octanol–water partition coefficient (Wildman–Crippen LogP) is 4.95. The van der Waals surface area contributed by atoms with Crippen LogP contribution in [0.5, 0.6) is 0 Å². The Morgan fingerprint density at radius 2 is 1.76 bits per heavy atom. The van der Waals surface area contributed by atoms with E-state index < -0.39 is 0 Å². The van der Waals surface area contributed by atoms with Gasteiger partial charge < -0.3 is 10.1 Å². The van der Waals surface area contributed by atoms with Gasteiger partial charge in [0, 0.05) is 12.1 Å². The molecular formula is C23H20N2O3S. The second-order valence-corrected chi connectivity index (χ2v) is 7.81. The highest BCUT2D eigenvalue weighted by molar-refractivity contribution is 7.18. The molecule has 0 saturated carbocycles. The third-order valence-corrected chi connectivity index (χ3v) is 5.60. The van der Waals surface area contributed by atoms with Crippen molar-refractivity contribution in [3.05, 3.63) is 71.7 Å². The molecule has 3 aromatic carbocycles. The number of anilines is 1. The van der Waals surface area contributed by atoms with E-state index in [4.69, 9.17) is 4.74 Å². The van der Waals surface area contributed by atoms with Crippen LogP contribution >= 0.6 is 11.3 Å². The van der Waals surface area contributed by atoms with Crippen molar-refractivity contribution in [1.82, 2.24) is 4.98 Å². The first-order chi connectivity index (χ1) is 14.2. The number of rotatable bonds is 7. The summed E-state index contributed by atoms with van der Waals surface area (Å²) >= 11 is 1.64. The van der Waals surface area contributed by atoms with Crippen molar-refractivity contribution in [3.8, 4) is 0 Å². The first kappa shape index (κ1) is 19.1. The van der Waals surface area contributed by atoms with Crippen LogP contribution in [0.25, 0.3) is 21.0 Å². The van der Waals surface area contributed by atoms with Crippen LogP contribution in [0, 0.1) is 0 Å². The lowest BCUT2D eigenvalue weighted by atomic mass is 10.1. The van der Waals surface area contributed by atoms with Crippen molar-refractivity contribution in [2.45, 2.75) is 19.3 Å². The van der Waals surface area contributed by atoms with Gasteiger partial charge in [-0.25, -0.2) is 4.98 Å². The molecule has 0 unspecified atom stereocenters. The van der Waals surface area contributed by atoms with Crippen molar-refractivity contribution >= 4 is 49.9 Å². The average molecular weight is 404 g/mol. The fraction of sp³-hybridized carbons (Fsp3) is 0.174. The number of aryl methyl sites for hydroxylation is 1. The van der Waals surface area contributed by atoms with Crippen LogP contribution in [-0.4, -0.2) is 23.5 Å². The Hall–Kier alpha value is -3.25. The van der Waals surface area contributed by atoms with Gasteiger partial charge in [-0.1, -0.05) is 42.5 Å². The number of hydrogen-bond donors (Lipinski definition) is 1. The number of nitrogens with zero attached hydrogens (tertiary/aromatic N) is 1. The zero-order valence-electron chi connectivity index (χ0n) is 15.8. The highest BCUT2D eigenvalue weighted by Crippen LogP contribution is 2.23. The van der Waals surface area contributed by atoms with E-state index in [2.05, 4.69) is 10.3 Å². The number of hydrogen-bond acceptors (Lipinski definition) is 5. The van der Waals surface area contributed by atoms with E-state index in [1.807, 2.05) is 66.7 Å². The SMILES string of the molecule is O=C(COC(=O)CCCc1nc2ccccc2s1)Nc1ccc2ccccc2c1. The standard InChI is InChI=1S/C23H20N2O3S/c26-21(24-18-13-12-16-6-1-2-7-17(16)14-18)15-28-23(27)11-5-10-22-25-19-8-3-4-9-20(19)29-22/h1-4,6-9,12-14H,5,10-11,15H2,(H,24,26). The van der Waals surface area contributed by atoms with Crippen LogP contribution in [0.1, 0.15) is 17.8 Å². The molecule has 146 valence electrons. The third-order valence-electron chi connectivity index (χ3n) is 4.51. The fourth-order valence-corrected chi connectivity index (χ4v) is 4.10. The maximum atomic E-state index is 12.1. The summed E-state index contributed by atoms with van der Waals surface area (Å²) < 4.78 is 6.24. The minimum absolute atomic E-state index is 0.263. The molecule has 0 fully saturated rings. The summed E-state index contributed by atoms with van der Waals surface area (Å²) in [7, 11) is 0. The molecule has 1 heterocycles. The van der Waals surface area contributed by atoms with Gasteiger partial charge in [-0.3, -0.25) is 9.59 Å². The Balaban J connectivity index is 1.20. The van der Waals surface area contributed by atoms with Gasteiger partial charge in [0.1, 0.15) is 0 Å². The minimum Gasteiger partial charge on any atom is -0.456 e. The Morgan fingerprint density at radius 1 is 0.966 bits per heavy atom. The lowest BCUT2D eigenvalue weighted by Crippen LogP contribution is -2.20. The molecule has 4 rings (SSSR count). The smallest absolute Gasteiger partial charge is 0.306 e. The number of aromatic nitrogens is 1. The number of para-hydroxylation sites is 1. The van der Waals surface area contributed by atoms with E-state index in [1.54, 1.807) is 11.3 Å².